The molecule has 8 heteroatoms. The fraction of sp³-hybridized carbons (Fsp3) is 0.385. The number of benzene rings is 1. The average Bonchev–Trinajstić information content (AvgIpc) is 2.75. The van der Waals surface area contributed by atoms with Gasteiger partial charge in [-0.2, -0.15) is 17.5 Å². The molecule has 1 atom stereocenters. The molecule has 0 spiro atoms. The van der Waals surface area contributed by atoms with Crippen LogP contribution in [0.25, 0.3) is 0 Å². The maximum Gasteiger partial charge on any atom is 0.416 e. The first kappa shape index (κ1) is 16.3. The number of nitrogens with two attached hydrogens (primary N) is 1. The minimum atomic E-state index is -4.39. The minimum Gasteiger partial charge on any atom is -0.328 e. The second kappa shape index (κ2) is 6.33. The standard InChI is InChI=1S/C13H14F3N3S2/c1-7(17)5-9-3-4-10(6-11(9)13(14,15)16)20-12-18-8(2)19-21-12/h3-4,6-7H,5,17H2,1-2H3. The Morgan fingerprint density at radius 2 is 2.10 bits per heavy atom. The monoisotopic (exact) mass is 333 g/mol. The highest BCUT2D eigenvalue weighted by Gasteiger charge is 2.33. The summed E-state index contributed by atoms with van der Waals surface area (Å²) in [6.07, 6.45) is -4.20. The van der Waals surface area contributed by atoms with E-state index in [9.17, 15) is 13.2 Å². The van der Waals surface area contributed by atoms with Crippen molar-refractivity contribution in [3.63, 3.8) is 0 Å². The molecule has 2 rings (SSSR count). The molecular weight excluding hydrogens is 319 g/mol. The summed E-state index contributed by atoms with van der Waals surface area (Å²) in [5, 5.41) is 0. The van der Waals surface area contributed by atoms with E-state index in [0.717, 1.165) is 6.07 Å². The molecule has 0 bridgehead atoms. The lowest BCUT2D eigenvalue weighted by Crippen LogP contribution is -2.20. The highest BCUT2D eigenvalue weighted by Crippen LogP contribution is 2.37. The zero-order chi connectivity index (χ0) is 15.6. The third-order valence-electron chi connectivity index (χ3n) is 2.64. The van der Waals surface area contributed by atoms with E-state index < -0.39 is 11.7 Å². The van der Waals surface area contributed by atoms with E-state index in [1.807, 2.05) is 0 Å². The number of halogens is 3. The zero-order valence-corrected chi connectivity index (χ0v) is 13.1. The van der Waals surface area contributed by atoms with Gasteiger partial charge in [0.25, 0.3) is 0 Å². The summed E-state index contributed by atoms with van der Waals surface area (Å²) >= 11 is 2.35. The summed E-state index contributed by atoms with van der Waals surface area (Å²) in [5.41, 5.74) is 5.20. The lowest BCUT2D eigenvalue weighted by molar-refractivity contribution is -0.138. The molecule has 1 aromatic carbocycles. The average molecular weight is 333 g/mol. The molecule has 1 unspecified atom stereocenters. The fourth-order valence-corrected chi connectivity index (χ4v) is 3.49. The predicted octanol–water partition coefficient (Wildman–Crippen LogP) is 3.91. The highest BCUT2D eigenvalue weighted by atomic mass is 32.2. The van der Waals surface area contributed by atoms with Crippen molar-refractivity contribution in [2.75, 3.05) is 0 Å². The Labute approximate surface area is 128 Å². The van der Waals surface area contributed by atoms with E-state index in [4.69, 9.17) is 5.73 Å². The normalized spacial score (nSPS) is 13.4. The van der Waals surface area contributed by atoms with Crippen LogP contribution in [0.4, 0.5) is 13.2 Å². The van der Waals surface area contributed by atoms with Crippen LogP contribution in [0.5, 0.6) is 0 Å². The zero-order valence-electron chi connectivity index (χ0n) is 11.4. The van der Waals surface area contributed by atoms with Crippen LogP contribution in [0.1, 0.15) is 23.9 Å². The van der Waals surface area contributed by atoms with Crippen LogP contribution in [0.2, 0.25) is 0 Å². The van der Waals surface area contributed by atoms with Gasteiger partial charge in [-0.05, 0) is 49.5 Å². The molecule has 1 heterocycles. The van der Waals surface area contributed by atoms with Gasteiger partial charge in [-0.25, -0.2) is 4.98 Å². The predicted molar refractivity (Wildman–Crippen MR) is 77.6 cm³/mol. The van der Waals surface area contributed by atoms with Crippen LogP contribution in [-0.4, -0.2) is 15.4 Å². The van der Waals surface area contributed by atoms with Crippen LogP contribution < -0.4 is 5.73 Å². The molecule has 0 aliphatic heterocycles. The number of alkyl halides is 3. The van der Waals surface area contributed by atoms with E-state index in [0.29, 0.717) is 15.1 Å². The molecule has 2 aromatic rings. The number of aromatic nitrogens is 2. The van der Waals surface area contributed by atoms with Crippen molar-refractivity contribution in [1.82, 2.24) is 9.36 Å². The van der Waals surface area contributed by atoms with Crippen molar-refractivity contribution in [3.05, 3.63) is 35.2 Å². The third-order valence-corrected chi connectivity index (χ3v) is 4.47. The van der Waals surface area contributed by atoms with Crippen LogP contribution in [0, 0.1) is 6.92 Å². The summed E-state index contributed by atoms with van der Waals surface area (Å²) < 4.78 is 44.1. The smallest absolute Gasteiger partial charge is 0.328 e. The Kier molecular flexibility index (Phi) is 4.90. The fourth-order valence-electron chi connectivity index (χ4n) is 1.83. The molecule has 0 saturated heterocycles. The maximum atomic E-state index is 13.1. The van der Waals surface area contributed by atoms with Gasteiger partial charge in [0.15, 0.2) is 4.34 Å². The Bertz CT molecular complexity index is 623. The minimum absolute atomic E-state index is 0.192. The summed E-state index contributed by atoms with van der Waals surface area (Å²) in [4.78, 5) is 4.63. The topological polar surface area (TPSA) is 51.8 Å². The first-order chi connectivity index (χ1) is 9.75. The van der Waals surface area contributed by atoms with Crippen molar-refractivity contribution in [1.29, 1.82) is 0 Å². The van der Waals surface area contributed by atoms with Gasteiger partial charge in [0, 0.05) is 10.9 Å². The first-order valence-corrected chi connectivity index (χ1v) is 7.78. The van der Waals surface area contributed by atoms with E-state index in [2.05, 4.69) is 9.36 Å². The van der Waals surface area contributed by atoms with Crippen LogP contribution in [0.3, 0.4) is 0 Å². The van der Waals surface area contributed by atoms with Gasteiger partial charge in [-0.3, -0.25) is 0 Å². The molecule has 0 radical (unpaired) electrons. The molecule has 2 N–H and O–H groups in total. The van der Waals surface area contributed by atoms with Crippen LogP contribution >= 0.6 is 23.3 Å². The molecule has 21 heavy (non-hydrogen) atoms. The van der Waals surface area contributed by atoms with Gasteiger partial charge in [-0.1, -0.05) is 17.8 Å². The molecule has 0 aliphatic carbocycles. The van der Waals surface area contributed by atoms with Gasteiger partial charge in [0.1, 0.15) is 5.82 Å². The van der Waals surface area contributed by atoms with E-state index in [1.54, 1.807) is 19.9 Å². The number of nitrogens with zero attached hydrogens (tertiary/aromatic N) is 2. The van der Waals surface area contributed by atoms with Crippen molar-refractivity contribution in [3.8, 4) is 0 Å². The summed E-state index contributed by atoms with van der Waals surface area (Å²) in [6.45, 7) is 3.43. The Balaban J connectivity index is 2.32. The van der Waals surface area contributed by atoms with Crippen molar-refractivity contribution < 1.29 is 13.2 Å². The lowest BCUT2D eigenvalue weighted by atomic mass is 10.0. The molecule has 0 saturated carbocycles. The largest absolute Gasteiger partial charge is 0.416 e. The third kappa shape index (κ3) is 4.42. The number of hydrogen-bond donors (Lipinski definition) is 1. The summed E-state index contributed by atoms with van der Waals surface area (Å²) in [5.74, 6) is 0.618. The summed E-state index contributed by atoms with van der Waals surface area (Å²) in [6, 6.07) is 3.98. The van der Waals surface area contributed by atoms with E-state index in [-0.39, 0.29) is 18.0 Å². The van der Waals surface area contributed by atoms with E-state index >= 15 is 0 Å². The SMILES string of the molecule is Cc1nsc(Sc2ccc(CC(C)N)c(C(F)(F)F)c2)n1. The van der Waals surface area contributed by atoms with Gasteiger partial charge in [0.05, 0.1) is 5.56 Å². The van der Waals surface area contributed by atoms with Crippen molar-refractivity contribution in [2.45, 2.75) is 41.7 Å². The second-order valence-electron chi connectivity index (χ2n) is 4.71. The first-order valence-electron chi connectivity index (χ1n) is 6.19. The Morgan fingerprint density at radius 1 is 1.38 bits per heavy atom. The van der Waals surface area contributed by atoms with Crippen molar-refractivity contribution >= 4 is 23.3 Å². The van der Waals surface area contributed by atoms with Gasteiger partial charge >= 0.3 is 6.18 Å². The van der Waals surface area contributed by atoms with Crippen LogP contribution in [-0.2, 0) is 12.6 Å². The number of rotatable bonds is 4. The van der Waals surface area contributed by atoms with Gasteiger partial charge < -0.3 is 5.73 Å². The molecule has 0 amide bonds. The van der Waals surface area contributed by atoms with E-state index in [1.165, 1.54) is 29.4 Å². The quantitative estimate of drug-likeness (QED) is 0.922. The van der Waals surface area contributed by atoms with Gasteiger partial charge in [-0.15, -0.1) is 0 Å². The lowest BCUT2D eigenvalue weighted by Gasteiger charge is -2.15. The Morgan fingerprint density at radius 3 is 2.62 bits per heavy atom. The number of hydrogen-bond acceptors (Lipinski definition) is 5. The molecular formula is C13H14F3N3S2. The summed E-state index contributed by atoms with van der Waals surface area (Å²) in [7, 11) is 0. The molecule has 0 aliphatic rings. The molecule has 0 fully saturated rings. The second-order valence-corrected chi connectivity index (χ2v) is 6.78. The number of aryl methyl sites for hydroxylation is 1. The Hall–Kier alpha value is -1.12. The molecule has 114 valence electrons. The van der Waals surface area contributed by atoms with Gasteiger partial charge in [0.2, 0.25) is 0 Å². The molecule has 1 aromatic heterocycles. The van der Waals surface area contributed by atoms with Crippen molar-refractivity contribution in [2.24, 2.45) is 5.73 Å². The molecule has 3 nitrogen and oxygen atoms in total. The van der Waals surface area contributed by atoms with Crippen LogP contribution in [0.15, 0.2) is 27.4 Å². The highest BCUT2D eigenvalue weighted by molar-refractivity contribution is 8.01. The maximum absolute atomic E-state index is 13.1.